The van der Waals surface area contributed by atoms with E-state index in [-0.39, 0.29) is 5.11 Å². The highest BCUT2D eigenvalue weighted by molar-refractivity contribution is 7.80. The number of hydrogen-bond donors (Lipinski definition) is 2. The maximum Gasteiger partial charge on any atom is 0.405 e. The van der Waals surface area contributed by atoms with Crippen LogP contribution in [-0.4, -0.2) is 24.4 Å². The number of thiocarbonyl (C=S) groups is 1. The van der Waals surface area contributed by atoms with Crippen LogP contribution in [0.3, 0.4) is 0 Å². The van der Waals surface area contributed by atoms with Gasteiger partial charge in [0.25, 0.3) is 0 Å². The van der Waals surface area contributed by atoms with Crippen LogP contribution in [-0.2, 0) is 0 Å². The lowest BCUT2D eigenvalue weighted by atomic mass is 10.5. The zero-order chi connectivity index (χ0) is 9.61. The maximum atomic E-state index is 11.6. The predicted molar refractivity (Wildman–Crippen MR) is 44.6 cm³/mol. The standard InChI is InChI=1S/C6H10F3N2S/c1-2-3-10-5(12)11-4-6(7,8)9/h1-4H2,(H2,10,11,12). The van der Waals surface area contributed by atoms with Crippen LogP contribution in [0.1, 0.15) is 6.42 Å². The van der Waals surface area contributed by atoms with E-state index < -0.39 is 12.7 Å². The van der Waals surface area contributed by atoms with E-state index >= 15 is 0 Å². The fraction of sp³-hybridized carbons (Fsp3) is 0.667. The molecular formula is C6H10F3N2S. The van der Waals surface area contributed by atoms with E-state index in [9.17, 15) is 13.2 Å². The van der Waals surface area contributed by atoms with Crippen LogP contribution >= 0.6 is 12.2 Å². The Balaban J connectivity index is 3.44. The van der Waals surface area contributed by atoms with E-state index in [4.69, 9.17) is 0 Å². The summed E-state index contributed by atoms with van der Waals surface area (Å²) in [5, 5.41) is 4.60. The largest absolute Gasteiger partial charge is 0.405 e. The zero-order valence-corrected chi connectivity index (χ0v) is 7.19. The summed E-state index contributed by atoms with van der Waals surface area (Å²) in [7, 11) is 0. The summed E-state index contributed by atoms with van der Waals surface area (Å²) < 4.78 is 34.7. The van der Waals surface area contributed by atoms with Gasteiger partial charge in [-0.15, -0.1) is 0 Å². The fourth-order valence-electron chi connectivity index (χ4n) is 0.445. The Hall–Kier alpha value is -0.520. The van der Waals surface area contributed by atoms with Crippen molar-refractivity contribution < 1.29 is 13.2 Å². The Bertz CT molecular complexity index is 146. The molecule has 0 rings (SSSR count). The molecule has 0 saturated carbocycles. The third-order valence-electron chi connectivity index (χ3n) is 0.912. The van der Waals surface area contributed by atoms with Crippen molar-refractivity contribution in [2.75, 3.05) is 13.1 Å². The monoisotopic (exact) mass is 199 g/mol. The van der Waals surface area contributed by atoms with Gasteiger partial charge in [-0.25, -0.2) is 0 Å². The molecule has 0 aliphatic heterocycles. The Morgan fingerprint density at radius 3 is 2.33 bits per heavy atom. The number of alkyl halides is 3. The van der Waals surface area contributed by atoms with E-state index in [0.29, 0.717) is 13.0 Å². The summed E-state index contributed by atoms with van der Waals surface area (Å²) in [5.41, 5.74) is 0. The summed E-state index contributed by atoms with van der Waals surface area (Å²) in [6, 6.07) is 0. The van der Waals surface area contributed by atoms with Gasteiger partial charge in [0.15, 0.2) is 5.11 Å². The molecule has 0 amide bonds. The smallest absolute Gasteiger partial charge is 0.363 e. The Kier molecular flexibility index (Phi) is 4.96. The fourth-order valence-corrected chi connectivity index (χ4v) is 0.619. The SMILES string of the molecule is [CH2]CCNC(=S)NCC(F)(F)F. The minimum atomic E-state index is -4.23. The summed E-state index contributed by atoms with van der Waals surface area (Å²) >= 11 is 4.54. The summed E-state index contributed by atoms with van der Waals surface area (Å²) in [5.74, 6) is 0. The van der Waals surface area contributed by atoms with Crippen molar-refractivity contribution in [3.05, 3.63) is 6.92 Å². The molecule has 71 valence electrons. The number of nitrogens with one attached hydrogen (secondary N) is 2. The van der Waals surface area contributed by atoms with Crippen molar-refractivity contribution in [2.24, 2.45) is 0 Å². The third-order valence-corrected chi connectivity index (χ3v) is 1.20. The molecule has 0 aliphatic rings. The van der Waals surface area contributed by atoms with Gasteiger partial charge in [-0.05, 0) is 18.6 Å². The summed E-state index contributed by atoms with van der Waals surface area (Å²) in [6.07, 6.45) is -3.65. The van der Waals surface area contributed by atoms with E-state index in [0.717, 1.165) is 0 Å². The molecule has 0 aliphatic carbocycles. The highest BCUT2D eigenvalue weighted by atomic mass is 32.1. The van der Waals surface area contributed by atoms with Gasteiger partial charge in [0, 0.05) is 6.54 Å². The molecule has 0 unspecified atom stereocenters. The van der Waals surface area contributed by atoms with Crippen molar-refractivity contribution in [2.45, 2.75) is 12.6 Å². The molecule has 1 radical (unpaired) electrons. The van der Waals surface area contributed by atoms with Crippen LogP contribution in [0.2, 0.25) is 0 Å². The van der Waals surface area contributed by atoms with Crippen LogP contribution in [0, 0.1) is 6.92 Å². The van der Waals surface area contributed by atoms with Gasteiger partial charge < -0.3 is 10.6 Å². The molecule has 2 N–H and O–H groups in total. The Morgan fingerprint density at radius 2 is 1.92 bits per heavy atom. The van der Waals surface area contributed by atoms with Gasteiger partial charge >= 0.3 is 6.18 Å². The normalized spacial score (nSPS) is 11.0. The predicted octanol–water partition coefficient (Wildman–Crippen LogP) is 1.24. The average Bonchev–Trinajstić information content (AvgIpc) is 1.95. The van der Waals surface area contributed by atoms with Crippen molar-refractivity contribution in [3.8, 4) is 0 Å². The first-order valence-electron chi connectivity index (χ1n) is 3.33. The lowest BCUT2D eigenvalue weighted by Crippen LogP contribution is -2.40. The summed E-state index contributed by atoms with van der Waals surface area (Å²) in [6.45, 7) is 2.87. The number of hydrogen-bond acceptors (Lipinski definition) is 1. The van der Waals surface area contributed by atoms with Crippen molar-refractivity contribution >= 4 is 17.3 Å². The summed E-state index contributed by atoms with van der Waals surface area (Å²) in [4.78, 5) is 0. The molecule has 2 nitrogen and oxygen atoms in total. The molecule has 0 saturated heterocycles. The van der Waals surface area contributed by atoms with Crippen LogP contribution in [0.15, 0.2) is 0 Å². The minimum Gasteiger partial charge on any atom is -0.363 e. The van der Waals surface area contributed by atoms with Crippen molar-refractivity contribution in [1.29, 1.82) is 0 Å². The Morgan fingerprint density at radius 1 is 1.33 bits per heavy atom. The highest BCUT2D eigenvalue weighted by Gasteiger charge is 2.26. The van der Waals surface area contributed by atoms with Gasteiger partial charge in [-0.2, -0.15) is 13.2 Å². The quantitative estimate of drug-likeness (QED) is 0.669. The molecule has 0 aromatic carbocycles. The second-order valence-corrected chi connectivity index (χ2v) is 2.49. The molecular weight excluding hydrogens is 189 g/mol. The average molecular weight is 199 g/mol. The molecule has 0 spiro atoms. The molecule has 0 fully saturated rings. The molecule has 0 bridgehead atoms. The minimum absolute atomic E-state index is 0.0102. The molecule has 0 aromatic rings. The molecule has 0 aromatic heterocycles. The Labute approximate surface area is 74.5 Å². The zero-order valence-electron chi connectivity index (χ0n) is 6.37. The molecule has 12 heavy (non-hydrogen) atoms. The van der Waals surface area contributed by atoms with Gasteiger partial charge in [0.1, 0.15) is 6.54 Å². The number of rotatable bonds is 3. The second-order valence-electron chi connectivity index (χ2n) is 2.08. The van der Waals surface area contributed by atoms with E-state index in [1.165, 1.54) is 0 Å². The lowest BCUT2D eigenvalue weighted by Gasteiger charge is -2.11. The molecule has 6 heteroatoms. The van der Waals surface area contributed by atoms with Crippen LogP contribution < -0.4 is 10.6 Å². The van der Waals surface area contributed by atoms with E-state index in [1.54, 1.807) is 0 Å². The number of halogens is 3. The van der Waals surface area contributed by atoms with Crippen LogP contribution in [0.25, 0.3) is 0 Å². The maximum absolute atomic E-state index is 11.6. The van der Waals surface area contributed by atoms with Crippen molar-refractivity contribution in [1.82, 2.24) is 10.6 Å². The first kappa shape index (κ1) is 11.5. The lowest BCUT2D eigenvalue weighted by molar-refractivity contribution is -0.122. The van der Waals surface area contributed by atoms with Crippen LogP contribution in [0.4, 0.5) is 13.2 Å². The molecule has 0 heterocycles. The van der Waals surface area contributed by atoms with Gasteiger partial charge in [0.05, 0.1) is 0 Å². The van der Waals surface area contributed by atoms with E-state index in [1.807, 2.05) is 5.32 Å². The third kappa shape index (κ3) is 7.59. The van der Waals surface area contributed by atoms with Crippen LogP contribution in [0.5, 0.6) is 0 Å². The van der Waals surface area contributed by atoms with Crippen molar-refractivity contribution in [3.63, 3.8) is 0 Å². The second kappa shape index (κ2) is 5.18. The topological polar surface area (TPSA) is 24.1 Å². The van der Waals surface area contributed by atoms with Gasteiger partial charge in [-0.3, -0.25) is 0 Å². The molecule has 0 atom stereocenters. The van der Waals surface area contributed by atoms with Gasteiger partial charge in [0.2, 0.25) is 0 Å². The van der Waals surface area contributed by atoms with Gasteiger partial charge in [-0.1, -0.05) is 6.92 Å². The highest BCUT2D eigenvalue weighted by Crippen LogP contribution is 2.11. The first-order chi connectivity index (χ1) is 5.45. The first-order valence-corrected chi connectivity index (χ1v) is 3.74. The van der Waals surface area contributed by atoms with E-state index in [2.05, 4.69) is 24.5 Å².